The fourth-order valence-corrected chi connectivity index (χ4v) is 4.01. The summed E-state index contributed by atoms with van der Waals surface area (Å²) in [5, 5.41) is 21.5. The third kappa shape index (κ3) is 4.90. The Morgan fingerprint density at radius 2 is 1.79 bits per heavy atom. The molecule has 2 rings (SSSR count). The summed E-state index contributed by atoms with van der Waals surface area (Å²) in [7, 11) is 0. The number of fused-ring (bicyclic) bond motifs is 2. The number of ketones is 1. The van der Waals surface area contributed by atoms with E-state index in [4.69, 9.17) is 4.74 Å². The summed E-state index contributed by atoms with van der Waals surface area (Å²) in [5.41, 5.74) is -2.55. The second-order valence-electron chi connectivity index (χ2n) is 9.01. The summed E-state index contributed by atoms with van der Waals surface area (Å²) in [6.45, 7) is 9.77. The van der Waals surface area contributed by atoms with Gasteiger partial charge >= 0.3 is 0 Å². The van der Waals surface area contributed by atoms with Gasteiger partial charge in [-0.15, -0.1) is 0 Å². The quantitative estimate of drug-likeness (QED) is 0.719. The summed E-state index contributed by atoms with van der Waals surface area (Å²) in [5.74, 6) is 0.669. The Morgan fingerprint density at radius 1 is 1.12 bits per heavy atom. The minimum absolute atomic E-state index is 0.00721. The Bertz CT molecular complexity index is 492. The lowest BCUT2D eigenvalue weighted by Gasteiger charge is -2.33. The average Bonchev–Trinajstić information content (AvgIpc) is 2.79. The highest BCUT2D eigenvalue weighted by Gasteiger charge is 2.45. The van der Waals surface area contributed by atoms with E-state index in [-0.39, 0.29) is 30.6 Å². The van der Waals surface area contributed by atoms with Crippen LogP contribution in [0.4, 0.5) is 0 Å². The second-order valence-corrected chi connectivity index (χ2v) is 9.01. The van der Waals surface area contributed by atoms with Gasteiger partial charge in [0, 0.05) is 12.8 Å². The van der Waals surface area contributed by atoms with Gasteiger partial charge in [-0.25, -0.2) is 0 Å². The normalized spacial score (nSPS) is 46.2. The molecule has 2 aliphatic rings. The lowest BCUT2D eigenvalue weighted by Crippen LogP contribution is -2.42. The SMILES string of the molecule is CC(C)[C@H]1/C=C/[C@@](C)(O)CC(=O)C[C@@]2(C)CC[C@H](O2)[C@@](C)(O)CC1. The van der Waals surface area contributed by atoms with Crippen LogP contribution in [0.25, 0.3) is 0 Å². The maximum atomic E-state index is 12.4. The third-order valence-corrected chi connectivity index (χ3v) is 5.72. The van der Waals surface area contributed by atoms with Crippen molar-refractivity contribution in [1.82, 2.24) is 0 Å². The summed E-state index contributed by atoms with van der Waals surface area (Å²) in [6, 6.07) is 0. The number of hydrogen-bond acceptors (Lipinski definition) is 4. The van der Waals surface area contributed by atoms with Crippen LogP contribution in [-0.2, 0) is 9.53 Å². The highest BCUT2D eigenvalue weighted by atomic mass is 16.5. The molecule has 0 aromatic rings. The second kappa shape index (κ2) is 6.89. The third-order valence-electron chi connectivity index (χ3n) is 5.72. The van der Waals surface area contributed by atoms with Crippen LogP contribution >= 0.6 is 0 Å². The van der Waals surface area contributed by atoms with Crippen molar-refractivity contribution in [2.45, 2.75) is 96.1 Å². The zero-order chi connectivity index (χ0) is 18.2. The Kier molecular flexibility index (Phi) is 5.63. The van der Waals surface area contributed by atoms with Crippen LogP contribution < -0.4 is 0 Å². The first-order chi connectivity index (χ1) is 10.9. The van der Waals surface area contributed by atoms with Crippen LogP contribution in [0.3, 0.4) is 0 Å². The van der Waals surface area contributed by atoms with E-state index in [2.05, 4.69) is 13.8 Å². The van der Waals surface area contributed by atoms with E-state index in [0.717, 1.165) is 19.3 Å². The molecule has 0 aromatic carbocycles. The van der Waals surface area contributed by atoms with Gasteiger partial charge in [-0.3, -0.25) is 4.79 Å². The van der Waals surface area contributed by atoms with Crippen LogP contribution in [0.15, 0.2) is 12.2 Å². The minimum Gasteiger partial charge on any atom is -0.387 e. The first-order valence-electron chi connectivity index (χ1n) is 9.26. The van der Waals surface area contributed by atoms with Gasteiger partial charge in [-0.05, 0) is 58.3 Å². The van der Waals surface area contributed by atoms with Gasteiger partial charge in [0.1, 0.15) is 5.78 Å². The van der Waals surface area contributed by atoms with Gasteiger partial charge in [-0.2, -0.15) is 0 Å². The van der Waals surface area contributed by atoms with Crippen LogP contribution in [-0.4, -0.2) is 38.9 Å². The molecule has 0 amide bonds. The molecule has 2 heterocycles. The number of ether oxygens (including phenoxy) is 1. The molecule has 0 radical (unpaired) electrons. The largest absolute Gasteiger partial charge is 0.387 e. The molecular weight excluding hydrogens is 304 g/mol. The van der Waals surface area contributed by atoms with Crippen molar-refractivity contribution >= 4 is 5.78 Å². The molecule has 4 nitrogen and oxygen atoms in total. The lowest BCUT2D eigenvalue weighted by molar-refractivity contribution is -0.143. The average molecular weight is 338 g/mol. The Balaban J connectivity index is 2.28. The Labute approximate surface area is 146 Å². The molecule has 0 unspecified atom stereocenters. The number of allylic oxidation sites excluding steroid dienone is 1. The predicted octanol–water partition coefficient (Wildman–Crippen LogP) is 3.40. The van der Waals surface area contributed by atoms with Gasteiger partial charge in [0.2, 0.25) is 0 Å². The molecule has 138 valence electrons. The van der Waals surface area contributed by atoms with E-state index in [1.165, 1.54) is 0 Å². The van der Waals surface area contributed by atoms with E-state index < -0.39 is 16.8 Å². The fraction of sp³-hybridized carbons (Fsp3) is 0.850. The topological polar surface area (TPSA) is 66.8 Å². The van der Waals surface area contributed by atoms with E-state index in [1.807, 2.05) is 19.9 Å². The fourth-order valence-electron chi connectivity index (χ4n) is 4.01. The first kappa shape index (κ1) is 19.6. The zero-order valence-electron chi connectivity index (χ0n) is 15.8. The van der Waals surface area contributed by atoms with Gasteiger partial charge in [0.15, 0.2) is 0 Å². The molecule has 5 atom stereocenters. The number of rotatable bonds is 1. The number of carbonyl (C=O) groups excluding carboxylic acids is 1. The standard InChI is InChI=1S/C20H34O4/c1-14(2)15-6-9-18(3,22)12-16(21)13-19(4)10-8-17(24-19)20(5,23)11-7-15/h6,9,14-15,17,22-23H,7-8,10-13H2,1-5H3/b9-6+/t15-,17-,18+,19+,20-/m0/s1. The summed E-state index contributed by atoms with van der Waals surface area (Å²) in [4.78, 5) is 12.4. The smallest absolute Gasteiger partial charge is 0.138 e. The Hall–Kier alpha value is -0.710. The maximum Gasteiger partial charge on any atom is 0.138 e. The molecule has 2 N–H and O–H groups in total. The van der Waals surface area contributed by atoms with Crippen LogP contribution in [0.5, 0.6) is 0 Å². The lowest BCUT2D eigenvalue weighted by atomic mass is 9.82. The molecule has 2 bridgehead atoms. The van der Waals surface area contributed by atoms with Crippen molar-refractivity contribution in [3.8, 4) is 0 Å². The first-order valence-corrected chi connectivity index (χ1v) is 9.26. The highest BCUT2D eigenvalue weighted by Crippen LogP contribution is 2.40. The van der Waals surface area contributed by atoms with Crippen molar-refractivity contribution in [3.05, 3.63) is 12.2 Å². The van der Waals surface area contributed by atoms with Crippen LogP contribution in [0, 0.1) is 11.8 Å². The van der Waals surface area contributed by atoms with Crippen LogP contribution in [0.2, 0.25) is 0 Å². The van der Waals surface area contributed by atoms with Crippen LogP contribution in [0.1, 0.15) is 73.1 Å². The molecule has 0 aromatic heterocycles. The molecule has 0 spiro atoms. The predicted molar refractivity (Wildman–Crippen MR) is 94.7 cm³/mol. The molecule has 0 saturated carbocycles. The molecule has 4 heteroatoms. The Morgan fingerprint density at radius 3 is 2.42 bits per heavy atom. The van der Waals surface area contributed by atoms with Gasteiger partial charge in [0.05, 0.1) is 22.9 Å². The van der Waals surface area contributed by atoms with Crippen molar-refractivity contribution in [1.29, 1.82) is 0 Å². The molecule has 2 aliphatic heterocycles. The molecule has 24 heavy (non-hydrogen) atoms. The van der Waals surface area contributed by atoms with Crippen molar-refractivity contribution in [2.75, 3.05) is 0 Å². The van der Waals surface area contributed by atoms with Crippen molar-refractivity contribution in [3.63, 3.8) is 0 Å². The number of carbonyl (C=O) groups is 1. The number of aliphatic hydroxyl groups is 2. The van der Waals surface area contributed by atoms with E-state index in [1.54, 1.807) is 13.0 Å². The number of hydrogen-bond donors (Lipinski definition) is 2. The zero-order valence-corrected chi connectivity index (χ0v) is 15.8. The highest BCUT2D eigenvalue weighted by molar-refractivity contribution is 5.80. The van der Waals surface area contributed by atoms with E-state index >= 15 is 0 Å². The van der Waals surface area contributed by atoms with E-state index in [0.29, 0.717) is 12.3 Å². The maximum absolute atomic E-state index is 12.4. The van der Waals surface area contributed by atoms with Gasteiger partial charge < -0.3 is 14.9 Å². The van der Waals surface area contributed by atoms with E-state index in [9.17, 15) is 15.0 Å². The molecule has 1 saturated heterocycles. The minimum atomic E-state index is -1.13. The van der Waals surface area contributed by atoms with Gasteiger partial charge in [-0.1, -0.05) is 26.0 Å². The summed E-state index contributed by atoms with van der Waals surface area (Å²) < 4.78 is 6.14. The summed E-state index contributed by atoms with van der Waals surface area (Å²) in [6.07, 6.45) is 6.98. The van der Waals surface area contributed by atoms with Crippen molar-refractivity contribution < 1.29 is 19.7 Å². The van der Waals surface area contributed by atoms with Crippen molar-refractivity contribution in [2.24, 2.45) is 11.8 Å². The monoisotopic (exact) mass is 338 g/mol. The number of Topliss-reactive ketones (excluding diaryl/α,β-unsaturated/α-hetero) is 1. The van der Waals surface area contributed by atoms with Gasteiger partial charge in [0.25, 0.3) is 0 Å². The summed E-state index contributed by atoms with van der Waals surface area (Å²) >= 11 is 0. The molecular formula is C20H34O4. The molecule has 0 aliphatic carbocycles. The molecule has 1 fully saturated rings.